The number of aliphatic hydroxyl groups is 1. The molecule has 1 unspecified atom stereocenters. The zero-order valence-electron chi connectivity index (χ0n) is 13.7. The number of nitrogens with zero attached hydrogens (tertiary/aromatic N) is 1. The lowest BCUT2D eigenvalue weighted by Gasteiger charge is -2.28. The Hall–Kier alpha value is -2.11. The van der Waals surface area contributed by atoms with Crippen LogP contribution in [0.25, 0.3) is 0 Å². The van der Waals surface area contributed by atoms with Crippen molar-refractivity contribution >= 4 is 5.82 Å². The second-order valence-corrected chi connectivity index (χ2v) is 6.46. The first kappa shape index (κ1) is 17.2. The molecule has 5 heteroatoms. The number of phenolic OH excluding ortho intramolecular Hbond substituents is 1. The molecule has 124 valence electrons. The van der Waals surface area contributed by atoms with Crippen LogP contribution in [0.1, 0.15) is 37.5 Å². The van der Waals surface area contributed by atoms with Crippen LogP contribution in [0.15, 0.2) is 42.6 Å². The third kappa shape index (κ3) is 5.54. The Balaban J connectivity index is 1.83. The van der Waals surface area contributed by atoms with Crippen molar-refractivity contribution in [2.75, 3.05) is 12.3 Å². The third-order valence-electron chi connectivity index (χ3n) is 3.94. The molecule has 1 atom stereocenters. The largest absolute Gasteiger partial charge is 0.508 e. The summed E-state index contributed by atoms with van der Waals surface area (Å²) < 4.78 is 0. The number of hydrogen-bond acceptors (Lipinski definition) is 5. The highest BCUT2D eigenvalue weighted by atomic mass is 16.3. The van der Waals surface area contributed by atoms with Gasteiger partial charge in [-0.3, -0.25) is 0 Å². The number of benzene rings is 1. The fourth-order valence-corrected chi connectivity index (χ4v) is 2.31. The molecule has 1 aromatic heterocycles. The van der Waals surface area contributed by atoms with Gasteiger partial charge in [0.1, 0.15) is 11.6 Å². The van der Waals surface area contributed by atoms with Crippen molar-refractivity contribution in [3.63, 3.8) is 0 Å². The maximum absolute atomic E-state index is 10.2. The van der Waals surface area contributed by atoms with Gasteiger partial charge in [-0.1, -0.05) is 18.2 Å². The number of phenols is 1. The number of aryl methyl sites for hydroxylation is 1. The van der Waals surface area contributed by atoms with E-state index in [1.807, 2.05) is 12.1 Å². The van der Waals surface area contributed by atoms with E-state index in [9.17, 15) is 10.2 Å². The molecule has 1 heterocycles. The predicted octanol–water partition coefficient (Wildman–Crippen LogP) is 2.40. The predicted molar refractivity (Wildman–Crippen MR) is 92.1 cm³/mol. The molecular weight excluding hydrogens is 290 g/mol. The Morgan fingerprint density at radius 2 is 1.87 bits per heavy atom. The molecule has 2 rings (SSSR count). The average molecular weight is 315 g/mol. The molecule has 5 nitrogen and oxygen atoms in total. The smallest absolute Gasteiger partial charge is 0.123 e. The Kier molecular flexibility index (Phi) is 5.58. The lowest BCUT2D eigenvalue weighted by Crippen LogP contribution is -2.42. The number of hydrogen-bond donors (Lipinski definition) is 4. The van der Waals surface area contributed by atoms with E-state index < -0.39 is 6.10 Å². The lowest BCUT2D eigenvalue weighted by molar-refractivity contribution is 0.159. The van der Waals surface area contributed by atoms with Crippen LogP contribution in [0, 0.1) is 0 Å². The molecule has 5 N–H and O–H groups in total. The number of rotatable bonds is 7. The van der Waals surface area contributed by atoms with Crippen LogP contribution in [-0.4, -0.2) is 27.3 Å². The number of nitrogens with one attached hydrogen (secondary N) is 1. The molecular formula is C18H25N3O2. The molecule has 0 aliphatic heterocycles. The lowest BCUT2D eigenvalue weighted by atomic mass is 9.94. The summed E-state index contributed by atoms with van der Waals surface area (Å²) in [6, 6.07) is 10.7. The molecule has 0 aliphatic rings. The topological polar surface area (TPSA) is 91.4 Å². The van der Waals surface area contributed by atoms with Crippen LogP contribution in [0.3, 0.4) is 0 Å². The van der Waals surface area contributed by atoms with Gasteiger partial charge in [-0.2, -0.15) is 0 Å². The number of nitrogen functional groups attached to an aromatic ring is 1. The molecule has 0 fully saturated rings. The van der Waals surface area contributed by atoms with E-state index in [0.717, 1.165) is 18.4 Å². The van der Waals surface area contributed by atoms with E-state index in [4.69, 9.17) is 5.73 Å². The van der Waals surface area contributed by atoms with Crippen molar-refractivity contribution in [3.05, 3.63) is 53.7 Å². The first-order valence-corrected chi connectivity index (χ1v) is 7.78. The molecule has 23 heavy (non-hydrogen) atoms. The summed E-state index contributed by atoms with van der Waals surface area (Å²) in [5, 5.41) is 22.9. The van der Waals surface area contributed by atoms with E-state index in [-0.39, 0.29) is 11.3 Å². The van der Waals surface area contributed by atoms with Gasteiger partial charge in [-0.05, 0) is 50.5 Å². The first-order chi connectivity index (χ1) is 10.9. The quantitative estimate of drug-likeness (QED) is 0.630. The zero-order chi connectivity index (χ0) is 16.9. The summed E-state index contributed by atoms with van der Waals surface area (Å²) in [6.07, 6.45) is 2.81. The van der Waals surface area contributed by atoms with E-state index in [1.54, 1.807) is 30.5 Å². The van der Waals surface area contributed by atoms with Crippen LogP contribution in [0.5, 0.6) is 5.75 Å². The van der Waals surface area contributed by atoms with E-state index >= 15 is 0 Å². The van der Waals surface area contributed by atoms with Gasteiger partial charge in [-0.25, -0.2) is 4.98 Å². The van der Waals surface area contributed by atoms with Crippen molar-refractivity contribution in [3.8, 4) is 5.75 Å². The highest BCUT2D eigenvalue weighted by Crippen LogP contribution is 2.18. The Bertz CT molecular complexity index is 609. The second-order valence-electron chi connectivity index (χ2n) is 6.46. The Morgan fingerprint density at radius 1 is 1.17 bits per heavy atom. The van der Waals surface area contributed by atoms with Crippen molar-refractivity contribution < 1.29 is 10.2 Å². The SMILES string of the molecule is CC(C)(CCc1ccc(O)cc1)NCC(O)c1ccc(N)nc1. The summed E-state index contributed by atoms with van der Waals surface area (Å²) >= 11 is 0. The number of aromatic hydroxyl groups is 1. The summed E-state index contributed by atoms with van der Waals surface area (Å²) in [7, 11) is 0. The van der Waals surface area contributed by atoms with Gasteiger partial charge in [0.05, 0.1) is 6.10 Å². The normalized spacial score (nSPS) is 13.0. The molecule has 0 amide bonds. The van der Waals surface area contributed by atoms with Gasteiger partial charge in [0.25, 0.3) is 0 Å². The van der Waals surface area contributed by atoms with Gasteiger partial charge in [0, 0.05) is 23.8 Å². The number of pyridine rings is 1. The summed E-state index contributed by atoms with van der Waals surface area (Å²) in [5.41, 5.74) is 7.37. The van der Waals surface area contributed by atoms with Gasteiger partial charge in [-0.15, -0.1) is 0 Å². The summed E-state index contributed by atoms with van der Waals surface area (Å²) in [6.45, 7) is 4.68. The summed E-state index contributed by atoms with van der Waals surface area (Å²) in [4.78, 5) is 4.00. The van der Waals surface area contributed by atoms with Crippen molar-refractivity contribution in [1.82, 2.24) is 10.3 Å². The monoisotopic (exact) mass is 315 g/mol. The molecule has 0 radical (unpaired) electrons. The maximum Gasteiger partial charge on any atom is 0.123 e. The van der Waals surface area contributed by atoms with E-state index in [0.29, 0.717) is 12.4 Å². The summed E-state index contributed by atoms with van der Waals surface area (Å²) in [5.74, 6) is 0.731. The number of aromatic nitrogens is 1. The minimum atomic E-state index is -0.615. The van der Waals surface area contributed by atoms with Crippen LogP contribution in [0.2, 0.25) is 0 Å². The number of anilines is 1. The minimum absolute atomic E-state index is 0.111. The van der Waals surface area contributed by atoms with Crippen molar-refractivity contribution in [2.45, 2.75) is 38.3 Å². The molecule has 1 aromatic carbocycles. The first-order valence-electron chi connectivity index (χ1n) is 7.78. The maximum atomic E-state index is 10.2. The van der Waals surface area contributed by atoms with Crippen LogP contribution >= 0.6 is 0 Å². The van der Waals surface area contributed by atoms with E-state index in [2.05, 4.69) is 24.1 Å². The third-order valence-corrected chi connectivity index (χ3v) is 3.94. The Labute approximate surface area is 137 Å². The van der Waals surface area contributed by atoms with Crippen LogP contribution in [0.4, 0.5) is 5.82 Å². The van der Waals surface area contributed by atoms with Gasteiger partial charge < -0.3 is 21.3 Å². The van der Waals surface area contributed by atoms with E-state index in [1.165, 1.54) is 5.56 Å². The second kappa shape index (κ2) is 7.44. The fraction of sp³-hybridized carbons (Fsp3) is 0.389. The van der Waals surface area contributed by atoms with Crippen molar-refractivity contribution in [2.24, 2.45) is 0 Å². The van der Waals surface area contributed by atoms with Gasteiger partial charge in [0.2, 0.25) is 0 Å². The molecule has 0 bridgehead atoms. The molecule has 0 saturated carbocycles. The number of aliphatic hydroxyl groups excluding tert-OH is 1. The highest BCUT2D eigenvalue weighted by molar-refractivity contribution is 5.30. The fourth-order valence-electron chi connectivity index (χ4n) is 2.31. The Morgan fingerprint density at radius 3 is 2.48 bits per heavy atom. The average Bonchev–Trinajstić information content (AvgIpc) is 2.53. The van der Waals surface area contributed by atoms with Crippen LogP contribution in [-0.2, 0) is 6.42 Å². The molecule has 0 saturated heterocycles. The highest BCUT2D eigenvalue weighted by Gasteiger charge is 2.19. The zero-order valence-corrected chi connectivity index (χ0v) is 13.7. The van der Waals surface area contributed by atoms with Crippen LogP contribution < -0.4 is 11.1 Å². The van der Waals surface area contributed by atoms with Gasteiger partial charge in [0.15, 0.2) is 0 Å². The van der Waals surface area contributed by atoms with Crippen molar-refractivity contribution in [1.29, 1.82) is 0 Å². The minimum Gasteiger partial charge on any atom is -0.508 e. The molecule has 0 aliphatic carbocycles. The molecule has 2 aromatic rings. The molecule has 0 spiro atoms. The number of β-amino-alcohol motifs (C(OH)–C–C–N with tert-alkyl or cyclic N) is 1. The standard InChI is InChI=1S/C18H25N3O2/c1-18(2,10-9-13-3-6-15(22)7-4-13)21-12-16(23)14-5-8-17(19)20-11-14/h3-8,11,16,21-23H,9-10,12H2,1-2H3,(H2,19,20). The van der Waals surface area contributed by atoms with Gasteiger partial charge >= 0.3 is 0 Å². The number of nitrogens with two attached hydrogens (primary N) is 1.